The van der Waals surface area contributed by atoms with E-state index in [1.165, 1.54) is 56.9 Å². The highest BCUT2D eigenvalue weighted by Crippen LogP contribution is 2.67. The SMILES string of the molecule is CC(C)CCC[C@@H](C)[C@H]1CC[C@H]2[C@@H]3CC=C4C[C@@H](O[C@H]5O[C@H](CO)[C@@H](O)[C@H](O)[C@@H]5O)CC[C@]4(C)[C@H]3CC[C@]12C. The zero-order valence-corrected chi connectivity index (χ0v) is 25.1. The molecule has 39 heavy (non-hydrogen) atoms. The van der Waals surface area contributed by atoms with Gasteiger partial charge in [-0.05, 0) is 97.7 Å². The van der Waals surface area contributed by atoms with Crippen molar-refractivity contribution in [3.05, 3.63) is 11.6 Å². The predicted molar refractivity (Wildman–Crippen MR) is 152 cm³/mol. The third-order valence-corrected chi connectivity index (χ3v) is 12.4. The van der Waals surface area contributed by atoms with Crippen LogP contribution in [0.2, 0.25) is 0 Å². The van der Waals surface area contributed by atoms with Crippen LogP contribution in [0.4, 0.5) is 0 Å². The number of aliphatic hydroxyl groups excluding tert-OH is 4. The maximum atomic E-state index is 10.5. The van der Waals surface area contributed by atoms with Gasteiger partial charge in [-0.25, -0.2) is 0 Å². The Balaban J connectivity index is 1.24. The molecule has 0 amide bonds. The van der Waals surface area contributed by atoms with E-state index >= 15 is 0 Å². The van der Waals surface area contributed by atoms with E-state index in [0.29, 0.717) is 5.41 Å². The van der Waals surface area contributed by atoms with Crippen LogP contribution in [-0.4, -0.2) is 63.8 Å². The summed E-state index contributed by atoms with van der Waals surface area (Å²) >= 11 is 0. The van der Waals surface area contributed by atoms with E-state index in [4.69, 9.17) is 9.47 Å². The van der Waals surface area contributed by atoms with Crippen LogP contribution in [0.1, 0.15) is 105 Å². The van der Waals surface area contributed by atoms with E-state index in [0.717, 1.165) is 54.8 Å². The Labute approximate surface area is 236 Å². The van der Waals surface area contributed by atoms with Crippen molar-refractivity contribution < 1.29 is 29.9 Å². The Morgan fingerprint density at radius 2 is 1.72 bits per heavy atom. The van der Waals surface area contributed by atoms with E-state index < -0.39 is 37.3 Å². The van der Waals surface area contributed by atoms with Gasteiger partial charge in [0, 0.05) is 0 Å². The van der Waals surface area contributed by atoms with E-state index in [1.54, 1.807) is 0 Å². The lowest BCUT2D eigenvalue weighted by molar-refractivity contribution is -0.313. The lowest BCUT2D eigenvalue weighted by Gasteiger charge is -2.58. The van der Waals surface area contributed by atoms with Crippen LogP contribution in [0.3, 0.4) is 0 Å². The maximum Gasteiger partial charge on any atom is 0.186 e. The monoisotopic (exact) mass is 548 g/mol. The molecule has 1 saturated heterocycles. The minimum atomic E-state index is -1.39. The van der Waals surface area contributed by atoms with Crippen LogP contribution in [0, 0.1) is 46.3 Å². The molecule has 3 saturated carbocycles. The van der Waals surface area contributed by atoms with Crippen molar-refractivity contribution >= 4 is 0 Å². The van der Waals surface area contributed by atoms with Crippen LogP contribution in [0.5, 0.6) is 0 Å². The van der Waals surface area contributed by atoms with Crippen LogP contribution in [-0.2, 0) is 9.47 Å². The molecule has 4 N–H and O–H groups in total. The highest BCUT2D eigenvalue weighted by Gasteiger charge is 2.59. The van der Waals surface area contributed by atoms with Crippen molar-refractivity contribution in [2.45, 2.75) is 142 Å². The summed E-state index contributed by atoms with van der Waals surface area (Å²) in [6.07, 6.45) is 9.98. The van der Waals surface area contributed by atoms with Gasteiger partial charge < -0.3 is 29.9 Å². The molecule has 0 radical (unpaired) electrons. The third kappa shape index (κ3) is 5.41. The molecule has 1 aliphatic heterocycles. The van der Waals surface area contributed by atoms with Crippen LogP contribution < -0.4 is 0 Å². The average molecular weight is 549 g/mol. The Morgan fingerprint density at radius 3 is 2.44 bits per heavy atom. The molecule has 4 fully saturated rings. The first-order valence-electron chi connectivity index (χ1n) is 16.1. The lowest BCUT2D eigenvalue weighted by Crippen LogP contribution is -2.60. The summed E-state index contributed by atoms with van der Waals surface area (Å²) < 4.78 is 11.9. The van der Waals surface area contributed by atoms with Crippen molar-refractivity contribution in [2.75, 3.05) is 6.61 Å². The topological polar surface area (TPSA) is 99.4 Å². The smallest absolute Gasteiger partial charge is 0.186 e. The summed E-state index contributed by atoms with van der Waals surface area (Å²) in [5, 5.41) is 40.3. The summed E-state index contributed by atoms with van der Waals surface area (Å²) in [5.74, 6) is 4.87. The summed E-state index contributed by atoms with van der Waals surface area (Å²) in [4.78, 5) is 0. The molecule has 6 nitrogen and oxygen atoms in total. The zero-order chi connectivity index (χ0) is 28.1. The number of hydrogen-bond acceptors (Lipinski definition) is 6. The van der Waals surface area contributed by atoms with Crippen molar-refractivity contribution in [3.63, 3.8) is 0 Å². The molecule has 1 heterocycles. The Hall–Kier alpha value is -0.500. The summed E-state index contributed by atoms with van der Waals surface area (Å²) in [6.45, 7) is 12.0. The molecule has 6 heteroatoms. The molecule has 0 aromatic rings. The van der Waals surface area contributed by atoms with Gasteiger partial charge in [-0.2, -0.15) is 0 Å². The maximum absolute atomic E-state index is 10.5. The van der Waals surface area contributed by atoms with Gasteiger partial charge in [0.1, 0.15) is 24.4 Å². The molecule has 0 spiro atoms. The standard InChI is InChI=1S/C33H56O6/c1-19(2)7-6-8-20(3)24-11-12-25-23-10-9-21-17-22(13-15-32(21,4)26(23)14-16-33(24,25)5)38-31-30(37)29(36)28(35)27(18-34)39-31/h9,19-20,22-31,34-37H,6-8,10-18H2,1-5H3/t20-,22+,23+,24-,25+,26+,27-,28-,29+,30+,31+,32+,33-/m1/s1. The molecule has 0 aromatic carbocycles. The molecule has 0 unspecified atom stereocenters. The molecular formula is C33H56O6. The number of hydrogen-bond donors (Lipinski definition) is 4. The summed E-state index contributed by atoms with van der Waals surface area (Å²) in [6, 6.07) is 0. The van der Waals surface area contributed by atoms with Gasteiger partial charge in [-0.1, -0.05) is 65.5 Å². The second-order valence-corrected chi connectivity index (χ2v) is 15.0. The second kappa shape index (κ2) is 11.6. The van der Waals surface area contributed by atoms with Gasteiger partial charge in [-0.3, -0.25) is 0 Å². The molecular weight excluding hydrogens is 492 g/mol. The van der Waals surface area contributed by atoms with Gasteiger partial charge in [0.2, 0.25) is 0 Å². The van der Waals surface area contributed by atoms with E-state index in [1.807, 2.05) is 0 Å². The van der Waals surface area contributed by atoms with Crippen molar-refractivity contribution in [1.82, 2.24) is 0 Å². The fourth-order valence-electron chi connectivity index (χ4n) is 10.1. The molecule has 4 aliphatic carbocycles. The average Bonchev–Trinajstić information content (AvgIpc) is 3.26. The molecule has 224 valence electrons. The number of ether oxygens (including phenoxy) is 2. The highest BCUT2D eigenvalue weighted by molar-refractivity contribution is 5.25. The fraction of sp³-hybridized carbons (Fsp3) is 0.939. The van der Waals surface area contributed by atoms with Gasteiger partial charge in [0.15, 0.2) is 6.29 Å². The molecule has 5 rings (SSSR count). The first-order chi connectivity index (χ1) is 18.5. The van der Waals surface area contributed by atoms with Gasteiger partial charge in [0.25, 0.3) is 0 Å². The van der Waals surface area contributed by atoms with Crippen molar-refractivity contribution in [2.24, 2.45) is 46.3 Å². The normalized spacial score (nSPS) is 48.7. The molecule has 5 aliphatic rings. The van der Waals surface area contributed by atoms with Crippen LogP contribution >= 0.6 is 0 Å². The number of rotatable bonds is 8. The Kier molecular flexibility index (Phi) is 8.95. The van der Waals surface area contributed by atoms with Gasteiger partial charge in [0.05, 0.1) is 12.7 Å². The molecule has 13 atom stereocenters. The van der Waals surface area contributed by atoms with Crippen LogP contribution in [0.25, 0.3) is 0 Å². The first-order valence-corrected chi connectivity index (χ1v) is 16.1. The Morgan fingerprint density at radius 1 is 0.949 bits per heavy atom. The highest BCUT2D eigenvalue weighted by atomic mass is 16.7. The lowest BCUT2D eigenvalue weighted by atomic mass is 9.47. The summed E-state index contributed by atoms with van der Waals surface area (Å²) in [7, 11) is 0. The predicted octanol–water partition coefficient (Wildman–Crippen LogP) is 5.21. The third-order valence-electron chi connectivity index (χ3n) is 12.4. The number of aliphatic hydroxyl groups is 4. The van der Waals surface area contributed by atoms with Gasteiger partial charge >= 0.3 is 0 Å². The first kappa shape index (κ1) is 30.0. The number of fused-ring (bicyclic) bond motifs is 5. The molecule has 0 bridgehead atoms. The van der Waals surface area contributed by atoms with Gasteiger partial charge in [-0.15, -0.1) is 0 Å². The molecule has 0 aromatic heterocycles. The quantitative estimate of drug-likeness (QED) is 0.311. The van der Waals surface area contributed by atoms with E-state index in [2.05, 4.69) is 40.7 Å². The summed E-state index contributed by atoms with van der Waals surface area (Å²) in [5.41, 5.74) is 2.20. The minimum Gasteiger partial charge on any atom is -0.394 e. The zero-order valence-electron chi connectivity index (χ0n) is 25.1. The minimum absolute atomic E-state index is 0.0984. The fourth-order valence-corrected chi connectivity index (χ4v) is 10.1. The van der Waals surface area contributed by atoms with E-state index in [-0.39, 0.29) is 11.5 Å². The van der Waals surface area contributed by atoms with Crippen molar-refractivity contribution in [3.8, 4) is 0 Å². The van der Waals surface area contributed by atoms with Crippen LogP contribution in [0.15, 0.2) is 11.6 Å². The second-order valence-electron chi connectivity index (χ2n) is 15.0. The van der Waals surface area contributed by atoms with E-state index in [9.17, 15) is 20.4 Å². The number of allylic oxidation sites excluding steroid dienone is 1. The largest absolute Gasteiger partial charge is 0.394 e. The van der Waals surface area contributed by atoms with Crippen molar-refractivity contribution in [1.29, 1.82) is 0 Å². The Bertz CT molecular complexity index is 872.